The Morgan fingerprint density at radius 2 is 1.89 bits per heavy atom. The summed E-state index contributed by atoms with van der Waals surface area (Å²) in [7, 11) is 0. The summed E-state index contributed by atoms with van der Waals surface area (Å²) in [5.41, 5.74) is 7.41. The van der Waals surface area contributed by atoms with E-state index < -0.39 is 17.6 Å². The molecule has 3 heterocycles. The molecule has 2 fully saturated rings. The molecule has 0 aliphatic carbocycles. The maximum absolute atomic E-state index is 13.2. The monoisotopic (exact) mass is 496 g/mol. The summed E-state index contributed by atoms with van der Waals surface area (Å²) in [4.78, 5) is 29.9. The zero-order chi connectivity index (χ0) is 26.2. The molecule has 0 saturated carbocycles. The largest absolute Gasteiger partial charge is 0.507 e. The third-order valence-corrected chi connectivity index (χ3v) is 7.01. The van der Waals surface area contributed by atoms with E-state index in [1.165, 1.54) is 0 Å². The first-order chi connectivity index (χ1) is 16.9. The number of amides is 2. The fourth-order valence-corrected chi connectivity index (χ4v) is 4.97. The molecule has 2 aliphatic heterocycles. The van der Waals surface area contributed by atoms with Gasteiger partial charge in [0.2, 0.25) is 11.8 Å². The number of phenolic OH excluding ortho intramolecular Hbond substituents is 1. The lowest BCUT2D eigenvalue weighted by molar-refractivity contribution is -0.140. The molecule has 2 aliphatic rings. The zero-order valence-corrected chi connectivity index (χ0v) is 21.3. The van der Waals surface area contributed by atoms with Crippen LogP contribution in [0.1, 0.15) is 40.5 Å². The van der Waals surface area contributed by atoms with Crippen LogP contribution in [0.2, 0.25) is 0 Å². The van der Waals surface area contributed by atoms with Crippen molar-refractivity contribution in [1.82, 2.24) is 20.4 Å². The third kappa shape index (κ3) is 5.38. The van der Waals surface area contributed by atoms with Crippen molar-refractivity contribution in [3.63, 3.8) is 0 Å². The number of carbonyl (C=O) groups excluding carboxylic acids is 2. The first-order valence-corrected chi connectivity index (χ1v) is 12.4. The number of nitrogens with zero attached hydrogens (tertiary/aromatic N) is 4. The topological polar surface area (TPSA) is 145 Å². The number of nitrogen functional groups attached to an aromatic ring is 1. The van der Waals surface area contributed by atoms with Crippen molar-refractivity contribution in [3.05, 3.63) is 30.3 Å². The molecule has 10 heteroatoms. The van der Waals surface area contributed by atoms with Gasteiger partial charge in [-0.3, -0.25) is 9.59 Å². The van der Waals surface area contributed by atoms with E-state index in [9.17, 15) is 19.8 Å². The first kappa shape index (κ1) is 25.7. The maximum atomic E-state index is 13.2. The Labute approximate surface area is 211 Å². The number of aromatic nitrogens is 2. The van der Waals surface area contributed by atoms with Crippen molar-refractivity contribution in [3.8, 4) is 17.0 Å². The van der Waals surface area contributed by atoms with Gasteiger partial charge < -0.3 is 31.1 Å². The van der Waals surface area contributed by atoms with Gasteiger partial charge in [0.25, 0.3) is 0 Å². The van der Waals surface area contributed by atoms with Crippen molar-refractivity contribution in [1.29, 1.82) is 0 Å². The second-order valence-electron chi connectivity index (χ2n) is 11.1. The number of aliphatic hydroxyl groups is 1. The molecule has 2 aromatic rings. The number of nitrogens with one attached hydrogen (secondary N) is 1. The number of para-hydroxylation sites is 1. The lowest BCUT2D eigenvalue weighted by Gasteiger charge is -2.41. The van der Waals surface area contributed by atoms with E-state index in [1.807, 2.05) is 38.7 Å². The molecule has 2 saturated heterocycles. The molecule has 0 bridgehead atoms. The fourth-order valence-electron chi connectivity index (χ4n) is 4.97. The van der Waals surface area contributed by atoms with Gasteiger partial charge in [0, 0.05) is 43.6 Å². The Balaban J connectivity index is 1.37. The number of aromatic hydroxyl groups is 1. The summed E-state index contributed by atoms with van der Waals surface area (Å²) >= 11 is 0. The molecule has 5 N–H and O–H groups in total. The third-order valence-electron chi connectivity index (χ3n) is 7.01. The number of hydrogen-bond donors (Lipinski definition) is 4. The lowest BCUT2D eigenvalue weighted by Crippen LogP contribution is -2.56. The molecule has 0 unspecified atom stereocenters. The van der Waals surface area contributed by atoms with Crippen LogP contribution in [-0.4, -0.2) is 74.9 Å². The summed E-state index contributed by atoms with van der Waals surface area (Å²) in [6.45, 7) is 9.24. The highest BCUT2D eigenvalue weighted by atomic mass is 16.3. The molecular formula is C26H36N6O4. The van der Waals surface area contributed by atoms with Crippen molar-refractivity contribution in [2.45, 2.75) is 58.7 Å². The first-order valence-electron chi connectivity index (χ1n) is 12.4. The minimum absolute atomic E-state index is 0.0587. The second kappa shape index (κ2) is 9.93. The number of β-amino-alcohol motifs (C(OH)–C–C–N with tert-alkyl or cyclic N) is 1. The Bertz CT molecular complexity index is 1130. The number of rotatable bonds is 6. The van der Waals surface area contributed by atoms with Crippen LogP contribution < -0.4 is 16.0 Å². The van der Waals surface area contributed by atoms with Gasteiger partial charge in [-0.25, -0.2) is 0 Å². The smallest absolute Gasteiger partial charge is 0.246 e. The summed E-state index contributed by atoms with van der Waals surface area (Å²) in [5.74, 6) is 0.187. The molecule has 10 nitrogen and oxygen atoms in total. The second-order valence-corrected chi connectivity index (χ2v) is 11.1. The van der Waals surface area contributed by atoms with Gasteiger partial charge in [-0.15, -0.1) is 10.2 Å². The predicted octanol–water partition coefficient (Wildman–Crippen LogP) is 1.77. The summed E-state index contributed by atoms with van der Waals surface area (Å²) < 4.78 is 0. The minimum Gasteiger partial charge on any atom is -0.507 e. The van der Waals surface area contributed by atoms with Gasteiger partial charge >= 0.3 is 0 Å². The summed E-state index contributed by atoms with van der Waals surface area (Å²) in [6.07, 6.45) is 0.314. The number of likely N-dealkylation sites (tertiary alicyclic amines) is 1. The maximum Gasteiger partial charge on any atom is 0.246 e. The highest BCUT2D eigenvalue weighted by Crippen LogP contribution is 2.35. The van der Waals surface area contributed by atoms with E-state index in [2.05, 4.69) is 15.5 Å². The number of phenols is 1. The van der Waals surface area contributed by atoms with Gasteiger partial charge in [0.1, 0.15) is 11.8 Å². The van der Waals surface area contributed by atoms with Crippen LogP contribution in [0.15, 0.2) is 30.3 Å². The van der Waals surface area contributed by atoms with Crippen LogP contribution in [0, 0.1) is 11.3 Å². The summed E-state index contributed by atoms with van der Waals surface area (Å²) in [5, 5.41) is 31.2. The van der Waals surface area contributed by atoms with E-state index in [1.54, 1.807) is 29.2 Å². The Hall–Kier alpha value is -3.40. The Kier molecular flexibility index (Phi) is 7.08. The van der Waals surface area contributed by atoms with Gasteiger partial charge in [0.15, 0.2) is 5.82 Å². The van der Waals surface area contributed by atoms with Gasteiger partial charge in [-0.05, 0) is 37.0 Å². The molecule has 0 spiro atoms. The van der Waals surface area contributed by atoms with E-state index in [4.69, 9.17) is 5.73 Å². The average Bonchev–Trinajstić information content (AvgIpc) is 3.12. The highest BCUT2D eigenvalue weighted by molar-refractivity contribution is 5.89. The average molecular weight is 497 g/mol. The van der Waals surface area contributed by atoms with Crippen LogP contribution >= 0.6 is 0 Å². The van der Waals surface area contributed by atoms with E-state index >= 15 is 0 Å². The quantitative estimate of drug-likeness (QED) is 0.474. The SMILES string of the molecule is C[C@@H]1C[C@@H](O)CN1C(=O)[C@@H](NC(=O)CC1CN(c2cc(-c3ccccc3O)nnc2N)C1)C(C)(C)C. The molecule has 1 aromatic heterocycles. The molecule has 194 valence electrons. The molecule has 4 rings (SSSR count). The number of carbonyl (C=O) groups is 2. The standard InChI is InChI=1S/C26H36N6O4/c1-15-9-17(33)14-32(15)25(36)23(26(2,3)4)28-22(35)10-16-12-31(13-16)20-11-19(29-30-24(20)27)18-7-5-6-8-21(18)34/h5-8,11,15-17,23,33-34H,9-10,12-14H2,1-4H3,(H2,27,30)(H,28,35)/t15-,17-,23-/m1/s1. The van der Waals surface area contributed by atoms with Crippen LogP contribution in [0.25, 0.3) is 11.3 Å². The van der Waals surface area contributed by atoms with Crippen LogP contribution in [-0.2, 0) is 9.59 Å². The lowest BCUT2D eigenvalue weighted by atomic mass is 9.85. The van der Waals surface area contributed by atoms with E-state index in [-0.39, 0.29) is 35.3 Å². The zero-order valence-electron chi connectivity index (χ0n) is 21.3. The molecular weight excluding hydrogens is 460 g/mol. The van der Waals surface area contributed by atoms with Gasteiger partial charge in [-0.2, -0.15) is 0 Å². The van der Waals surface area contributed by atoms with E-state index in [0.717, 1.165) is 0 Å². The van der Waals surface area contributed by atoms with E-state index in [0.29, 0.717) is 49.4 Å². The molecule has 3 atom stereocenters. The van der Waals surface area contributed by atoms with Crippen LogP contribution in [0.4, 0.5) is 11.5 Å². The number of anilines is 2. The van der Waals surface area contributed by atoms with Crippen molar-refractivity contribution in [2.75, 3.05) is 30.3 Å². The highest BCUT2D eigenvalue weighted by Gasteiger charge is 2.41. The van der Waals surface area contributed by atoms with Crippen LogP contribution in [0.5, 0.6) is 5.75 Å². The molecule has 36 heavy (non-hydrogen) atoms. The molecule has 2 amide bonds. The van der Waals surface area contributed by atoms with Crippen molar-refractivity contribution >= 4 is 23.3 Å². The fraction of sp³-hybridized carbons (Fsp3) is 0.538. The predicted molar refractivity (Wildman–Crippen MR) is 137 cm³/mol. The van der Waals surface area contributed by atoms with Crippen molar-refractivity contribution < 1.29 is 19.8 Å². The van der Waals surface area contributed by atoms with Gasteiger partial charge in [-0.1, -0.05) is 32.9 Å². The van der Waals surface area contributed by atoms with Crippen molar-refractivity contribution in [2.24, 2.45) is 11.3 Å². The number of hydrogen-bond acceptors (Lipinski definition) is 8. The number of nitrogens with two attached hydrogens (primary N) is 1. The number of aliphatic hydroxyl groups excluding tert-OH is 1. The minimum atomic E-state index is -0.671. The number of benzene rings is 1. The summed E-state index contributed by atoms with van der Waals surface area (Å²) in [6, 6.07) is 7.97. The Morgan fingerprint density at radius 1 is 1.19 bits per heavy atom. The molecule has 0 radical (unpaired) electrons. The Morgan fingerprint density at radius 3 is 2.50 bits per heavy atom. The van der Waals surface area contributed by atoms with Crippen LogP contribution in [0.3, 0.4) is 0 Å². The normalized spacial score (nSPS) is 21.2. The molecule has 1 aromatic carbocycles. The van der Waals surface area contributed by atoms with Gasteiger partial charge in [0.05, 0.1) is 17.5 Å².